The second-order valence-corrected chi connectivity index (χ2v) is 6.89. The Kier molecular flexibility index (Phi) is 6.20. The molecular weight excluding hydrogens is 308 g/mol. The summed E-state index contributed by atoms with van der Waals surface area (Å²) in [6.45, 7) is 7.16. The van der Waals surface area contributed by atoms with Crippen LogP contribution >= 0.6 is 0 Å². The molecule has 0 unspecified atom stereocenters. The predicted octanol–water partition coefficient (Wildman–Crippen LogP) is 2.33. The minimum absolute atomic E-state index is 0.0655. The third-order valence-corrected chi connectivity index (χ3v) is 3.65. The van der Waals surface area contributed by atoms with Crippen LogP contribution in [-0.2, 0) is 20.9 Å². The number of likely N-dealkylation sites (tertiary alicyclic amines) is 1. The van der Waals surface area contributed by atoms with Crippen molar-refractivity contribution >= 4 is 12.1 Å². The lowest BCUT2D eigenvalue weighted by Gasteiger charge is -2.40. The molecule has 132 valence electrons. The molecule has 0 spiro atoms. The van der Waals surface area contributed by atoms with Crippen molar-refractivity contribution in [3.05, 3.63) is 35.9 Å². The van der Waals surface area contributed by atoms with Crippen molar-refractivity contribution in [2.45, 2.75) is 45.4 Å². The second-order valence-electron chi connectivity index (χ2n) is 6.89. The molecule has 0 aliphatic carbocycles. The quantitative estimate of drug-likeness (QED) is 0.809. The Bertz CT molecular complexity index is 554. The van der Waals surface area contributed by atoms with Gasteiger partial charge in [-0.05, 0) is 32.8 Å². The Morgan fingerprint density at radius 1 is 1.25 bits per heavy atom. The highest BCUT2D eigenvalue weighted by atomic mass is 16.6. The van der Waals surface area contributed by atoms with Crippen LogP contribution in [0.1, 0.15) is 32.8 Å². The van der Waals surface area contributed by atoms with E-state index < -0.39 is 5.60 Å². The molecule has 1 aromatic carbocycles. The summed E-state index contributed by atoms with van der Waals surface area (Å²) in [4.78, 5) is 25.4. The lowest BCUT2D eigenvalue weighted by Crippen LogP contribution is -2.55. The monoisotopic (exact) mass is 334 g/mol. The molecule has 2 rings (SSSR count). The number of carbonyl (C=O) groups excluding carboxylic acids is 2. The number of amides is 1. The second kappa shape index (κ2) is 8.15. The van der Waals surface area contributed by atoms with Crippen LogP contribution in [0.3, 0.4) is 0 Å². The van der Waals surface area contributed by atoms with E-state index in [9.17, 15) is 9.59 Å². The number of rotatable bonds is 6. The summed E-state index contributed by atoms with van der Waals surface area (Å²) in [6.07, 6.45) is 0.594. The average molecular weight is 334 g/mol. The average Bonchev–Trinajstić information content (AvgIpc) is 2.47. The third-order valence-electron chi connectivity index (χ3n) is 3.65. The molecule has 1 amide bonds. The molecule has 6 heteroatoms. The zero-order valence-electron chi connectivity index (χ0n) is 14.6. The number of esters is 1. The van der Waals surface area contributed by atoms with E-state index >= 15 is 0 Å². The van der Waals surface area contributed by atoms with Gasteiger partial charge >= 0.3 is 12.1 Å². The van der Waals surface area contributed by atoms with Crippen molar-refractivity contribution in [3.8, 4) is 0 Å². The molecular formula is C18H26N2O4. The normalized spacial score (nSPS) is 17.1. The van der Waals surface area contributed by atoms with Gasteiger partial charge in [0.15, 0.2) is 0 Å². The minimum Gasteiger partial charge on any atom is -0.459 e. The summed E-state index contributed by atoms with van der Waals surface area (Å²) >= 11 is 0. The van der Waals surface area contributed by atoms with E-state index in [4.69, 9.17) is 9.47 Å². The zero-order chi connectivity index (χ0) is 17.6. The molecule has 0 saturated carbocycles. The highest BCUT2D eigenvalue weighted by molar-refractivity contribution is 5.72. The van der Waals surface area contributed by atoms with Gasteiger partial charge in [-0.3, -0.25) is 4.79 Å². The number of nitrogens with one attached hydrogen (secondary N) is 1. The Hall–Kier alpha value is -2.08. The highest BCUT2D eigenvalue weighted by Crippen LogP contribution is 2.18. The number of hydrogen-bond donors (Lipinski definition) is 1. The van der Waals surface area contributed by atoms with Crippen molar-refractivity contribution in [2.75, 3.05) is 19.6 Å². The molecule has 1 atom stereocenters. The van der Waals surface area contributed by atoms with Gasteiger partial charge in [-0.2, -0.15) is 0 Å². The predicted molar refractivity (Wildman–Crippen MR) is 90.5 cm³/mol. The standard InChI is InChI=1S/C18H26N2O4/c1-18(2,3)24-16(21)12-19-11-15-9-10-20(15)17(22)23-13-14-7-5-4-6-8-14/h4-8,15,19H,9-13H2,1-3H3/t15-/m1/s1. The van der Waals surface area contributed by atoms with Gasteiger partial charge in [0.25, 0.3) is 0 Å². The molecule has 6 nitrogen and oxygen atoms in total. The van der Waals surface area contributed by atoms with E-state index in [1.807, 2.05) is 51.1 Å². The third kappa shape index (κ3) is 5.85. The molecule has 1 aromatic rings. The number of benzene rings is 1. The van der Waals surface area contributed by atoms with E-state index in [0.717, 1.165) is 12.0 Å². The maximum Gasteiger partial charge on any atom is 0.410 e. The molecule has 0 bridgehead atoms. The molecule has 0 aromatic heterocycles. The van der Waals surface area contributed by atoms with Crippen LogP contribution in [0.5, 0.6) is 0 Å². The van der Waals surface area contributed by atoms with Gasteiger partial charge in [-0.1, -0.05) is 30.3 Å². The smallest absolute Gasteiger partial charge is 0.410 e. The summed E-state index contributed by atoms with van der Waals surface area (Å²) in [6, 6.07) is 9.65. The van der Waals surface area contributed by atoms with Crippen molar-refractivity contribution in [1.82, 2.24) is 10.2 Å². The van der Waals surface area contributed by atoms with Crippen molar-refractivity contribution < 1.29 is 19.1 Å². The minimum atomic E-state index is -0.484. The van der Waals surface area contributed by atoms with Crippen LogP contribution in [-0.4, -0.2) is 48.2 Å². The molecule has 1 N–H and O–H groups in total. The van der Waals surface area contributed by atoms with Gasteiger partial charge in [-0.25, -0.2) is 4.79 Å². The summed E-state index contributed by atoms with van der Waals surface area (Å²) in [5, 5.41) is 3.04. The first-order chi connectivity index (χ1) is 11.3. The van der Waals surface area contributed by atoms with Crippen LogP contribution in [0, 0.1) is 0 Å². The SMILES string of the molecule is CC(C)(C)OC(=O)CNC[C@H]1CCN1C(=O)OCc1ccccc1. The van der Waals surface area contributed by atoms with Crippen molar-refractivity contribution in [2.24, 2.45) is 0 Å². The summed E-state index contributed by atoms with van der Waals surface area (Å²) in [5.74, 6) is -0.292. The number of hydrogen-bond acceptors (Lipinski definition) is 5. The fourth-order valence-electron chi connectivity index (χ4n) is 2.41. The van der Waals surface area contributed by atoms with E-state index in [1.54, 1.807) is 4.90 Å². The number of ether oxygens (including phenoxy) is 2. The first kappa shape index (κ1) is 18.3. The maximum atomic E-state index is 12.1. The highest BCUT2D eigenvalue weighted by Gasteiger charge is 2.33. The lowest BCUT2D eigenvalue weighted by molar-refractivity contribution is -0.153. The van der Waals surface area contributed by atoms with Crippen molar-refractivity contribution in [3.63, 3.8) is 0 Å². The molecule has 1 fully saturated rings. The number of carbonyl (C=O) groups is 2. The van der Waals surface area contributed by atoms with E-state index in [1.165, 1.54) is 0 Å². The van der Waals surface area contributed by atoms with E-state index in [2.05, 4.69) is 5.32 Å². The number of nitrogens with zero attached hydrogens (tertiary/aromatic N) is 1. The van der Waals surface area contributed by atoms with Gasteiger partial charge in [0.05, 0.1) is 6.54 Å². The van der Waals surface area contributed by atoms with Gasteiger partial charge in [0, 0.05) is 19.1 Å². The lowest BCUT2D eigenvalue weighted by atomic mass is 10.0. The van der Waals surface area contributed by atoms with Crippen LogP contribution in [0.25, 0.3) is 0 Å². The molecule has 1 aliphatic rings. The first-order valence-electron chi connectivity index (χ1n) is 8.25. The van der Waals surface area contributed by atoms with Crippen molar-refractivity contribution in [1.29, 1.82) is 0 Å². The molecule has 0 radical (unpaired) electrons. The van der Waals surface area contributed by atoms with E-state index in [0.29, 0.717) is 13.1 Å². The summed E-state index contributed by atoms with van der Waals surface area (Å²) in [7, 11) is 0. The molecule has 24 heavy (non-hydrogen) atoms. The Morgan fingerprint density at radius 2 is 1.96 bits per heavy atom. The van der Waals surface area contributed by atoms with Gasteiger partial charge in [0.2, 0.25) is 0 Å². The van der Waals surface area contributed by atoms with E-state index in [-0.39, 0.29) is 31.3 Å². The van der Waals surface area contributed by atoms with Crippen LogP contribution < -0.4 is 5.32 Å². The van der Waals surface area contributed by atoms with Gasteiger partial charge in [0.1, 0.15) is 12.2 Å². The Morgan fingerprint density at radius 3 is 2.54 bits per heavy atom. The molecule has 1 aliphatic heterocycles. The fourth-order valence-corrected chi connectivity index (χ4v) is 2.41. The largest absolute Gasteiger partial charge is 0.459 e. The summed E-state index contributed by atoms with van der Waals surface area (Å²) in [5.41, 5.74) is 0.480. The van der Waals surface area contributed by atoms with Crippen LogP contribution in [0.4, 0.5) is 4.79 Å². The zero-order valence-corrected chi connectivity index (χ0v) is 14.6. The van der Waals surface area contributed by atoms with Crippen LogP contribution in [0.2, 0.25) is 0 Å². The topological polar surface area (TPSA) is 67.9 Å². The van der Waals surface area contributed by atoms with Gasteiger partial charge < -0.3 is 19.7 Å². The molecule has 1 heterocycles. The Balaban J connectivity index is 1.66. The maximum absolute atomic E-state index is 12.1. The van der Waals surface area contributed by atoms with Gasteiger partial charge in [-0.15, -0.1) is 0 Å². The molecule has 1 saturated heterocycles. The Labute approximate surface area is 143 Å². The fraction of sp³-hybridized carbons (Fsp3) is 0.556. The first-order valence-corrected chi connectivity index (χ1v) is 8.25. The van der Waals surface area contributed by atoms with Crippen LogP contribution in [0.15, 0.2) is 30.3 Å². The summed E-state index contributed by atoms with van der Waals surface area (Å²) < 4.78 is 10.5.